The molecule has 4 heteroatoms. The Bertz CT molecular complexity index is 668. The van der Waals surface area contributed by atoms with Crippen LogP contribution in [0.2, 0.25) is 0 Å². The molecule has 0 bridgehead atoms. The Labute approximate surface area is 125 Å². The first-order valence-electron chi connectivity index (χ1n) is 7.58. The zero-order valence-corrected chi connectivity index (χ0v) is 12.4. The summed E-state index contributed by atoms with van der Waals surface area (Å²) < 4.78 is 0. The van der Waals surface area contributed by atoms with Gasteiger partial charge < -0.3 is 10.6 Å². The second kappa shape index (κ2) is 5.82. The van der Waals surface area contributed by atoms with Crippen LogP contribution in [0.3, 0.4) is 0 Å². The van der Waals surface area contributed by atoms with Crippen LogP contribution in [-0.2, 0) is 0 Å². The molecule has 110 valence electrons. The first-order valence-corrected chi connectivity index (χ1v) is 7.58. The summed E-state index contributed by atoms with van der Waals surface area (Å²) >= 11 is 0. The lowest BCUT2D eigenvalue weighted by atomic mass is 9.99. The van der Waals surface area contributed by atoms with E-state index in [0.717, 1.165) is 48.0 Å². The highest BCUT2D eigenvalue weighted by Crippen LogP contribution is 2.24. The maximum absolute atomic E-state index is 13.0. The molecule has 1 aliphatic heterocycles. The van der Waals surface area contributed by atoms with E-state index in [0.29, 0.717) is 6.54 Å². The van der Waals surface area contributed by atoms with Gasteiger partial charge >= 0.3 is 0 Å². The van der Waals surface area contributed by atoms with Gasteiger partial charge in [0.1, 0.15) is 0 Å². The molecule has 0 radical (unpaired) electrons. The lowest BCUT2D eigenvalue weighted by molar-refractivity contribution is 0.0625. The monoisotopic (exact) mass is 283 g/mol. The third kappa shape index (κ3) is 2.63. The van der Waals surface area contributed by atoms with Crippen LogP contribution in [0.5, 0.6) is 0 Å². The zero-order chi connectivity index (χ0) is 14.8. The molecule has 2 heterocycles. The number of carbonyl (C=O) groups is 1. The molecular weight excluding hydrogens is 262 g/mol. The summed E-state index contributed by atoms with van der Waals surface area (Å²) in [4.78, 5) is 19.4. The Morgan fingerprint density at radius 3 is 3.00 bits per heavy atom. The Balaban J connectivity index is 2.04. The molecule has 1 saturated heterocycles. The molecule has 1 aromatic carbocycles. The van der Waals surface area contributed by atoms with Crippen molar-refractivity contribution in [3.63, 3.8) is 0 Å². The predicted molar refractivity (Wildman–Crippen MR) is 84.2 cm³/mol. The first kappa shape index (κ1) is 14.0. The smallest absolute Gasteiger partial charge is 0.254 e. The summed E-state index contributed by atoms with van der Waals surface area (Å²) in [5.41, 5.74) is 8.34. The first-order chi connectivity index (χ1) is 10.2. The van der Waals surface area contributed by atoms with Crippen molar-refractivity contribution in [2.45, 2.75) is 32.2 Å². The van der Waals surface area contributed by atoms with Crippen molar-refractivity contribution in [2.24, 2.45) is 5.73 Å². The topological polar surface area (TPSA) is 59.2 Å². The summed E-state index contributed by atoms with van der Waals surface area (Å²) in [6.07, 6.45) is 3.22. The van der Waals surface area contributed by atoms with Gasteiger partial charge in [0.25, 0.3) is 5.91 Å². The van der Waals surface area contributed by atoms with Gasteiger partial charge in [0.2, 0.25) is 0 Å². The molecule has 1 unspecified atom stereocenters. The van der Waals surface area contributed by atoms with Gasteiger partial charge in [0.15, 0.2) is 0 Å². The number of piperidine rings is 1. The normalized spacial score (nSPS) is 19.0. The van der Waals surface area contributed by atoms with E-state index in [9.17, 15) is 4.79 Å². The lowest BCUT2D eigenvalue weighted by Crippen LogP contribution is -2.47. The lowest BCUT2D eigenvalue weighted by Gasteiger charge is -2.35. The fourth-order valence-electron chi connectivity index (χ4n) is 3.15. The third-order valence-electron chi connectivity index (χ3n) is 4.23. The molecule has 0 spiro atoms. The van der Waals surface area contributed by atoms with Crippen molar-refractivity contribution < 1.29 is 4.79 Å². The molecule has 1 atom stereocenters. The molecule has 4 nitrogen and oxygen atoms in total. The van der Waals surface area contributed by atoms with Crippen molar-refractivity contribution in [1.29, 1.82) is 0 Å². The molecule has 3 rings (SSSR count). The Morgan fingerprint density at radius 2 is 2.19 bits per heavy atom. The average Bonchev–Trinajstić information content (AvgIpc) is 2.53. The van der Waals surface area contributed by atoms with Crippen LogP contribution < -0.4 is 5.73 Å². The number of aryl methyl sites for hydroxylation is 1. The van der Waals surface area contributed by atoms with Crippen molar-refractivity contribution in [3.05, 3.63) is 41.6 Å². The van der Waals surface area contributed by atoms with Crippen LogP contribution in [0.25, 0.3) is 10.9 Å². The van der Waals surface area contributed by atoms with Crippen LogP contribution in [0.4, 0.5) is 0 Å². The largest absolute Gasteiger partial charge is 0.334 e. The minimum absolute atomic E-state index is 0.0897. The highest BCUT2D eigenvalue weighted by atomic mass is 16.2. The molecular formula is C17H21N3O. The Kier molecular flexibility index (Phi) is 3.88. The van der Waals surface area contributed by atoms with Crippen molar-refractivity contribution >= 4 is 16.8 Å². The molecule has 0 saturated carbocycles. The summed E-state index contributed by atoms with van der Waals surface area (Å²) in [6.45, 7) is 3.27. The number of fused-ring (bicyclic) bond motifs is 1. The number of aromatic nitrogens is 1. The summed E-state index contributed by atoms with van der Waals surface area (Å²) in [6, 6.07) is 9.89. The van der Waals surface area contributed by atoms with Crippen LogP contribution in [-0.4, -0.2) is 34.9 Å². The molecule has 2 N–H and O–H groups in total. The van der Waals surface area contributed by atoms with Gasteiger partial charge in [-0.2, -0.15) is 0 Å². The van der Waals surface area contributed by atoms with Crippen LogP contribution in [0.15, 0.2) is 30.3 Å². The number of pyridine rings is 1. The Morgan fingerprint density at radius 1 is 1.38 bits per heavy atom. The van der Waals surface area contributed by atoms with E-state index < -0.39 is 0 Å². The van der Waals surface area contributed by atoms with E-state index in [-0.39, 0.29) is 11.9 Å². The van der Waals surface area contributed by atoms with Gasteiger partial charge in [-0.25, -0.2) is 0 Å². The highest BCUT2D eigenvalue weighted by Gasteiger charge is 2.27. The predicted octanol–water partition coefficient (Wildman–Crippen LogP) is 2.50. The van der Waals surface area contributed by atoms with E-state index in [1.165, 1.54) is 0 Å². The molecule has 1 fully saturated rings. The molecule has 1 amide bonds. The van der Waals surface area contributed by atoms with E-state index in [1.807, 2.05) is 42.2 Å². The van der Waals surface area contributed by atoms with E-state index in [2.05, 4.69) is 4.98 Å². The van der Waals surface area contributed by atoms with Crippen molar-refractivity contribution in [2.75, 3.05) is 13.1 Å². The summed E-state index contributed by atoms with van der Waals surface area (Å²) in [5, 5.41) is 0.925. The van der Waals surface area contributed by atoms with Gasteiger partial charge in [0.05, 0.1) is 11.1 Å². The number of nitrogens with zero attached hydrogens (tertiary/aromatic N) is 2. The third-order valence-corrected chi connectivity index (χ3v) is 4.23. The summed E-state index contributed by atoms with van der Waals surface area (Å²) in [5.74, 6) is 0.0897. The number of para-hydroxylation sites is 1. The number of rotatable bonds is 2. The van der Waals surface area contributed by atoms with Crippen molar-refractivity contribution in [3.8, 4) is 0 Å². The van der Waals surface area contributed by atoms with Gasteiger partial charge in [-0.3, -0.25) is 9.78 Å². The summed E-state index contributed by atoms with van der Waals surface area (Å²) in [7, 11) is 0. The molecule has 2 aromatic rings. The minimum atomic E-state index is 0.0897. The number of benzene rings is 1. The van der Waals surface area contributed by atoms with E-state index in [1.54, 1.807) is 0 Å². The van der Waals surface area contributed by atoms with Crippen molar-refractivity contribution in [1.82, 2.24) is 9.88 Å². The van der Waals surface area contributed by atoms with Crippen LogP contribution >= 0.6 is 0 Å². The van der Waals surface area contributed by atoms with Crippen LogP contribution in [0, 0.1) is 6.92 Å². The molecule has 1 aromatic heterocycles. The number of nitrogens with two attached hydrogens (primary N) is 1. The second-order valence-corrected chi connectivity index (χ2v) is 5.71. The Hall–Kier alpha value is -1.94. The zero-order valence-electron chi connectivity index (χ0n) is 12.4. The number of amides is 1. The average molecular weight is 283 g/mol. The van der Waals surface area contributed by atoms with Gasteiger partial charge in [-0.05, 0) is 38.3 Å². The SMILES string of the molecule is Cc1cc(C(=O)N2CCCCC2CN)c2ccccc2n1. The second-order valence-electron chi connectivity index (χ2n) is 5.71. The number of hydrogen-bond donors (Lipinski definition) is 1. The van der Waals surface area contributed by atoms with E-state index >= 15 is 0 Å². The maximum Gasteiger partial charge on any atom is 0.254 e. The highest BCUT2D eigenvalue weighted by molar-refractivity contribution is 6.06. The molecule has 0 aliphatic carbocycles. The number of carbonyl (C=O) groups excluding carboxylic acids is 1. The number of likely N-dealkylation sites (tertiary alicyclic amines) is 1. The molecule has 21 heavy (non-hydrogen) atoms. The fourth-order valence-corrected chi connectivity index (χ4v) is 3.15. The standard InChI is InChI=1S/C17H21N3O/c1-12-10-15(14-7-2-3-8-16(14)19-12)17(21)20-9-5-4-6-13(20)11-18/h2-3,7-8,10,13H,4-6,9,11,18H2,1H3. The number of hydrogen-bond acceptors (Lipinski definition) is 3. The van der Waals surface area contributed by atoms with Gasteiger partial charge in [0, 0.05) is 30.2 Å². The van der Waals surface area contributed by atoms with E-state index in [4.69, 9.17) is 5.73 Å². The fraction of sp³-hybridized carbons (Fsp3) is 0.412. The minimum Gasteiger partial charge on any atom is -0.334 e. The molecule has 1 aliphatic rings. The quantitative estimate of drug-likeness (QED) is 0.921. The van der Waals surface area contributed by atoms with Crippen LogP contribution in [0.1, 0.15) is 35.3 Å². The van der Waals surface area contributed by atoms with Gasteiger partial charge in [-0.15, -0.1) is 0 Å². The van der Waals surface area contributed by atoms with Gasteiger partial charge in [-0.1, -0.05) is 18.2 Å². The maximum atomic E-state index is 13.0.